The Labute approximate surface area is 176 Å². The Kier molecular flexibility index (Phi) is 7.53. The number of anilines is 1. The highest BCUT2D eigenvalue weighted by Crippen LogP contribution is 2.29. The van der Waals surface area contributed by atoms with Gasteiger partial charge < -0.3 is 15.4 Å². The number of hydrogen-bond acceptors (Lipinski definition) is 3. The molecule has 0 fully saturated rings. The summed E-state index contributed by atoms with van der Waals surface area (Å²) in [6.07, 6.45) is -0.799. The Hall–Kier alpha value is -1.76. The number of rotatable bonds is 6. The van der Waals surface area contributed by atoms with Gasteiger partial charge in [-0.1, -0.05) is 23.2 Å². The molecule has 2 amide bonds. The Morgan fingerprint density at radius 3 is 2.41 bits per heavy atom. The molecule has 0 heterocycles. The summed E-state index contributed by atoms with van der Waals surface area (Å²) in [7, 11) is 0. The van der Waals surface area contributed by atoms with Gasteiger partial charge in [-0.3, -0.25) is 9.59 Å². The van der Waals surface area contributed by atoms with Crippen molar-refractivity contribution in [1.82, 2.24) is 5.32 Å². The maximum absolute atomic E-state index is 12.5. The van der Waals surface area contributed by atoms with E-state index in [4.69, 9.17) is 27.9 Å². The van der Waals surface area contributed by atoms with Crippen LogP contribution >= 0.6 is 39.1 Å². The number of benzene rings is 2. The van der Waals surface area contributed by atoms with Crippen molar-refractivity contribution < 1.29 is 14.3 Å². The zero-order chi connectivity index (χ0) is 20.1. The van der Waals surface area contributed by atoms with Crippen LogP contribution in [0.3, 0.4) is 0 Å². The lowest BCUT2D eigenvalue weighted by Crippen LogP contribution is -2.31. The van der Waals surface area contributed by atoms with Crippen molar-refractivity contribution in [3.05, 3.63) is 56.5 Å². The summed E-state index contributed by atoms with van der Waals surface area (Å²) in [6.45, 7) is 5.34. The zero-order valence-corrected chi connectivity index (χ0v) is 18.1. The highest BCUT2D eigenvalue weighted by molar-refractivity contribution is 9.10. The first kappa shape index (κ1) is 21.5. The summed E-state index contributed by atoms with van der Waals surface area (Å²) in [4.78, 5) is 24.6. The Morgan fingerprint density at radius 2 is 1.78 bits per heavy atom. The van der Waals surface area contributed by atoms with Crippen molar-refractivity contribution in [2.75, 3.05) is 5.32 Å². The Bertz CT molecular complexity index is 859. The quantitative estimate of drug-likeness (QED) is 0.598. The van der Waals surface area contributed by atoms with E-state index in [0.29, 0.717) is 31.5 Å². The molecule has 2 aromatic carbocycles. The third-order valence-electron chi connectivity index (χ3n) is 3.47. The maximum Gasteiger partial charge on any atom is 0.265 e. The van der Waals surface area contributed by atoms with Gasteiger partial charge >= 0.3 is 0 Å². The van der Waals surface area contributed by atoms with Crippen LogP contribution in [0.25, 0.3) is 0 Å². The summed E-state index contributed by atoms with van der Waals surface area (Å²) in [5.74, 6) is -0.162. The van der Waals surface area contributed by atoms with Gasteiger partial charge in [0.15, 0.2) is 6.10 Å². The van der Waals surface area contributed by atoms with Crippen molar-refractivity contribution in [2.24, 2.45) is 0 Å². The average molecular weight is 474 g/mol. The van der Waals surface area contributed by atoms with Crippen LogP contribution in [0, 0.1) is 0 Å². The molecule has 0 radical (unpaired) electrons. The predicted octanol–water partition coefficient (Wildman–Crippen LogP) is 5.30. The van der Waals surface area contributed by atoms with Crippen LogP contribution in [-0.4, -0.2) is 24.0 Å². The number of carbonyl (C=O) groups excluding carboxylic acids is 2. The minimum Gasteiger partial charge on any atom is -0.480 e. The summed E-state index contributed by atoms with van der Waals surface area (Å²) < 4.78 is 6.30. The normalized spacial score (nSPS) is 11.8. The standard InChI is InChI=1S/C19H19BrCl2N2O3/c1-10(2)23-19(26)12-4-6-15(22)16(8-12)24-18(25)11(3)27-17-7-5-13(21)9-14(17)20/h4-11H,1-3H3,(H,23,26)(H,24,25). The molecule has 2 N–H and O–H groups in total. The second-order valence-electron chi connectivity index (χ2n) is 6.15. The zero-order valence-electron chi connectivity index (χ0n) is 15.0. The number of nitrogens with one attached hydrogen (secondary N) is 2. The molecule has 1 atom stereocenters. The van der Waals surface area contributed by atoms with Crippen LogP contribution in [0.2, 0.25) is 10.0 Å². The van der Waals surface area contributed by atoms with Crippen LogP contribution in [0.4, 0.5) is 5.69 Å². The van der Waals surface area contributed by atoms with Crippen LogP contribution in [0.15, 0.2) is 40.9 Å². The molecule has 2 aromatic rings. The lowest BCUT2D eigenvalue weighted by atomic mass is 10.1. The van der Waals surface area contributed by atoms with Gasteiger partial charge in [0.2, 0.25) is 0 Å². The van der Waals surface area contributed by atoms with Gasteiger partial charge in [-0.2, -0.15) is 0 Å². The first-order chi connectivity index (χ1) is 12.7. The fourth-order valence-corrected chi connectivity index (χ4v) is 3.10. The molecular weight excluding hydrogens is 455 g/mol. The lowest BCUT2D eigenvalue weighted by molar-refractivity contribution is -0.122. The molecule has 0 saturated carbocycles. The van der Waals surface area contributed by atoms with E-state index in [1.807, 2.05) is 13.8 Å². The molecule has 0 aromatic heterocycles. The second kappa shape index (κ2) is 9.44. The SMILES string of the molecule is CC(C)NC(=O)c1ccc(Cl)c(NC(=O)C(C)Oc2ccc(Cl)cc2Br)c1. The molecular formula is C19H19BrCl2N2O3. The van der Waals surface area contributed by atoms with Gasteiger partial charge in [0, 0.05) is 16.6 Å². The highest BCUT2D eigenvalue weighted by Gasteiger charge is 2.18. The smallest absolute Gasteiger partial charge is 0.265 e. The van der Waals surface area contributed by atoms with Crippen molar-refractivity contribution in [3.63, 3.8) is 0 Å². The Morgan fingerprint density at radius 1 is 1.07 bits per heavy atom. The molecule has 8 heteroatoms. The van der Waals surface area contributed by atoms with E-state index in [1.54, 1.807) is 37.3 Å². The lowest BCUT2D eigenvalue weighted by Gasteiger charge is -2.17. The molecule has 0 aliphatic heterocycles. The molecule has 0 aliphatic rings. The summed E-state index contributed by atoms with van der Waals surface area (Å²) in [6, 6.07) is 9.70. The molecule has 27 heavy (non-hydrogen) atoms. The molecule has 0 spiro atoms. The van der Waals surface area contributed by atoms with E-state index in [9.17, 15) is 9.59 Å². The van der Waals surface area contributed by atoms with Gasteiger partial charge in [0.1, 0.15) is 5.75 Å². The number of ether oxygens (including phenoxy) is 1. The van der Waals surface area contributed by atoms with Gasteiger partial charge in [0.05, 0.1) is 15.2 Å². The van der Waals surface area contributed by atoms with Crippen molar-refractivity contribution in [1.29, 1.82) is 0 Å². The third kappa shape index (κ3) is 6.13. The van der Waals surface area contributed by atoms with E-state index >= 15 is 0 Å². The number of hydrogen-bond donors (Lipinski definition) is 2. The molecule has 0 bridgehead atoms. The van der Waals surface area contributed by atoms with Crippen molar-refractivity contribution in [3.8, 4) is 5.75 Å². The topological polar surface area (TPSA) is 67.4 Å². The highest BCUT2D eigenvalue weighted by atomic mass is 79.9. The van der Waals surface area contributed by atoms with Crippen molar-refractivity contribution in [2.45, 2.75) is 32.9 Å². The van der Waals surface area contributed by atoms with E-state index in [0.717, 1.165) is 0 Å². The minimum atomic E-state index is -0.799. The largest absolute Gasteiger partial charge is 0.480 e. The molecule has 0 aliphatic carbocycles. The maximum atomic E-state index is 12.5. The molecule has 0 saturated heterocycles. The summed E-state index contributed by atoms with van der Waals surface area (Å²) in [5, 5.41) is 6.36. The average Bonchev–Trinajstić information content (AvgIpc) is 2.58. The fraction of sp³-hybridized carbons (Fsp3) is 0.263. The first-order valence-electron chi connectivity index (χ1n) is 8.20. The first-order valence-corrected chi connectivity index (χ1v) is 9.75. The number of amides is 2. The molecule has 1 unspecified atom stereocenters. The molecule has 5 nitrogen and oxygen atoms in total. The monoisotopic (exact) mass is 472 g/mol. The number of halogens is 3. The van der Waals surface area contributed by atoms with Gasteiger partial charge in [-0.15, -0.1) is 0 Å². The molecule has 144 valence electrons. The van der Waals surface area contributed by atoms with Crippen LogP contribution in [0.1, 0.15) is 31.1 Å². The van der Waals surface area contributed by atoms with E-state index in [1.165, 1.54) is 6.07 Å². The minimum absolute atomic E-state index is 0.00235. The van der Waals surface area contributed by atoms with Crippen LogP contribution in [-0.2, 0) is 4.79 Å². The molecule has 2 rings (SSSR count). The van der Waals surface area contributed by atoms with E-state index in [2.05, 4.69) is 26.6 Å². The number of carbonyl (C=O) groups is 2. The predicted molar refractivity (Wildman–Crippen MR) is 112 cm³/mol. The summed E-state index contributed by atoms with van der Waals surface area (Å²) >= 11 is 15.4. The van der Waals surface area contributed by atoms with Crippen LogP contribution < -0.4 is 15.4 Å². The summed E-state index contributed by atoms with van der Waals surface area (Å²) in [5.41, 5.74) is 0.737. The van der Waals surface area contributed by atoms with Gasteiger partial charge in [0.25, 0.3) is 11.8 Å². The fourth-order valence-electron chi connectivity index (χ4n) is 2.16. The van der Waals surface area contributed by atoms with Gasteiger partial charge in [-0.25, -0.2) is 0 Å². The van der Waals surface area contributed by atoms with E-state index < -0.39 is 12.0 Å². The van der Waals surface area contributed by atoms with Crippen LogP contribution in [0.5, 0.6) is 5.75 Å². The Balaban J connectivity index is 2.11. The van der Waals surface area contributed by atoms with Crippen molar-refractivity contribution >= 4 is 56.6 Å². The second-order valence-corrected chi connectivity index (χ2v) is 7.84. The van der Waals surface area contributed by atoms with Gasteiger partial charge in [-0.05, 0) is 73.1 Å². The van der Waals surface area contributed by atoms with E-state index in [-0.39, 0.29) is 11.9 Å². The third-order valence-corrected chi connectivity index (χ3v) is 4.66.